The molecule has 120 valence electrons. The Labute approximate surface area is 140 Å². The highest BCUT2D eigenvalue weighted by Gasteiger charge is 2.20. The van der Waals surface area contributed by atoms with Crippen LogP contribution >= 0.6 is 0 Å². The van der Waals surface area contributed by atoms with Crippen LogP contribution in [0.25, 0.3) is 12.2 Å². The van der Waals surface area contributed by atoms with Crippen LogP contribution in [-0.2, 0) is 9.53 Å². The van der Waals surface area contributed by atoms with Crippen molar-refractivity contribution in [2.75, 3.05) is 7.11 Å². The molecule has 0 spiro atoms. The molecule has 0 aromatic heterocycles. The minimum Gasteiger partial charge on any atom is -0.497 e. The van der Waals surface area contributed by atoms with E-state index in [0.717, 1.165) is 22.4 Å². The molecular formula is C20H17NO3. The second kappa shape index (κ2) is 6.96. The zero-order chi connectivity index (χ0) is 16.9. The van der Waals surface area contributed by atoms with Gasteiger partial charge >= 0.3 is 5.97 Å². The molecule has 1 aliphatic heterocycles. The fraction of sp³-hybridized carbons (Fsp3) is 0.100. The number of aryl methyl sites for hydroxylation is 1. The SMILES string of the molecule is COc1ccc(/C=C/C2=NC(=C/c3ccc(C)cc3)/C(=O)O2)cc1. The predicted octanol–water partition coefficient (Wildman–Crippen LogP) is 4.01. The highest BCUT2D eigenvalue weighted by molar-refractivity contribution is 6.11. The molecular weight excluding hydrogens is 302 g/mol. The van der Waals surface area contributed by atoms with E-state index in [-0.39, 0.29) is 5.90 Å². The lowest BCUT2D eigenvalue weighted by molar-refractivity contribution is -0.129. The van der Waals surface area contributed by atoms with Gasteiger partial charge in [-0.05, 0) is 42.3 Å². The van der Waals surface area contributed by atoms with Gasteiger partial charge in [0, 0.05) is 6.08 Å². The van der Waals surface area contributed by atoms with Crippen molar-refractivity contribution in [2.24, 2.45) is 4.99 Å². The summed E-state index contributed by atoms with van der Waals surface area (Å²) in [6.45, 7) is 2.01. The Kier molecular flexibility index (Phi) is 4.57. The predicted molar refractivity (Wildman–Crippen MR) is 94.7 cm³/mol. The summed E-state index contributed by atoms with van der Waals surface area (Å²) in [5.41, 5.74) is 3.34. The van der Waals surface area contributed by atoms with Gasteiger partial charge in [-0.25, -0.2) is 9.79 Å². The molecule has 4 nitrogen and oxygen atoms in total. The molecule has 3 rings (SSSR count). The molecule has 0 saturated heterocycles. The summed E-state index contributed by atoms with van der Waals surface area (Å²) >= 11 is 0. The first-order valence-electron chi connectivity index (χ1n) is 7.55. The first-order chi connectivity index (χ1) is 11.6. The Hall–Kier alpha value is -3.14. The molecule has 24 heavy (non-hydrogen) atoms. The summed E-state index contributed by atoms with van der Waals surface area (Å²) in [7, 11) is 1.62. The fourth-order valence-corrected chi connectivity index (χ4v) is 2.20. The van der Waals surface area contributed by atoms with Crippen LogP contribution in [0.15, 0.2) is 65.3 Å². The smallest absolute Gasteiger partial charge is 0.363 e. The van der Waals surface area contributed by atoms with Crippen LogP contribution in [0.4, 0.5) is 0 Å². The van der Waals surface area contributed by atoms with Crippen LogP contribution in [0.3, 0.4) is 0 Å². The average Bonchev–Trinajstić information content (AvgIpc) is 2.95. The van der Waals surface area contributed by atoms with Gasteiger partial charge in [-0.3, -0.25) is 0 Å². The first kappa shape index (κ1) is 15.7. The number of rotatable bonds is 4. The van der Waals surface area contributed by atoms with Crippen LogP contribution in [0, 0.1) is 6.92 Å². The van der Waals surface area contributed by atoms with Gasteiger partial charge < -0.3 is 9.47 Å². The third kappa shape index (κ3) is 3.79. The highest BCUT2D eigenvalue weighted by Crippen LogP contribution is 2.17. The number of nitrogens with zero attached hydrogens (tertiary/aromatic N) is 1. The Morgan fingerprint density at radius 1 is 0.958 bits per heavy atom. The topological polar surface area (TPSA) is 47.9 Å². The summed E-state index contributed by atoms with van der Waals surface area (Å²) in [5.74, 6) is 0.638. The van der Waals surface area contributed by atoms with Crippen molar-refractivity contribution >= 4 is 24.0 Å². The van der Waals surface area contributed by atoms with Crippen molar-refractivity contribution in [3.63, 3.8) is 0 Å². The molecule has 4 heteroatoms. The molecule has 2 aromatic rings. The largest absolute Gasteiger partial charge is 0.497 e. The van der Waals surface area contributed by atoms with Crippen LogP contribution in [0.5, 0.6) is 5.75 Å². The minimum atomic E-state index is -0.440. The number of hydrogen-bond acceptors (Lipinski definition) is 4. The van der Waals surface area contributed by atoms with Crippen LogP contribution in [-0.4, -0.2) is 19.0 Å². The zero-order valence-electron chi connectivity index (χ0n) is 13.5. The molecule has 0 aliphatic carbocycles. The minimum absolute atomic E-state index is 0.286. The van der Waals surface area contributed by atoms with Crippen molar-refractivity contribution in [1.82, 2.24) is 0 Å². The second-order valence-electron chi connectivity index (χ2n) is 5.39. The summed E-state index contributed by atoms with van der Waals surface area (Å²) in [6, 6.07) is 15.4. The van der Waals surface area contributed by atoms with E-state index in [1.54, 1.807) is 19.3 Å². The standard InChI is InChI=1S/C20H17NO3/c1-14-3-5-16(6-4-14)13-18-20(22)24-19(21-18)12-9-15-7-10-17(23-2)11-8-15/h3-13H,1-2H3/b12-9+,18-13+. The molecule has 0 bridgehead atoms. The number of hydrogen-bond donors (Lipinski definition) is 0. The third-order valence-electron chi connectivity index (χ3n) is 3.55. The summed E-state index contributed by atoms with van der Waals surface area (Å²) in [6.07, 6.45) is 5.23. The van der Waals surface area contributed by atoms with Gasteiger partial charge in [0.1, 0.15) is 5.75 Å². The van der Waals surface area contributed by atoms with Crippen LogP contribution < -0.4 is 4.74 Å². The maximum absolute atomic E-state index is 11.9. The van der Waals surface area contributed by atoms with E-state index in [2.05, 4.69) is 4.99 Å². The molecule has 0 unspecified atom stereocenters. The Morgan fingerprint density at radius 2 is 1.62 bits per heavy atom. The lowest BCUT2D eigenvalue weighted by Crippen LogP contribution is -2.01. The summed E-state index contributed by atoms with van der Waals surface area (Å²) in [5, 5.41) is 0. The van der Waals surface area contributed by atoms with Crippen molar-refractivity contribution in [3.8, 4) is 5.75 Å². The number of esters is 1. The lowest BCUT2D eigenvalue weighted by Gasteiger charge is -1.98. The van der Waals surface area contributed by atoms with Gasteiger partial charge in [0.25, 0.3) is 0 Å². The van der Waals surface area contributed by atoms with E-state index in [0.29, 0.717) is 5.70 Å². The highest BCUT2D eigenvalue weighted by atomic mass is 16.6. The number of methoxy groups -OCH3 is 1. The molecule has 1 aliphatic rings. The van der Waals surface area contributed by atoms with Crippen molar-refractivity contribution < 1.29 is 14.3 Å². The molecule has 0 fully saturated rings. The van der Waals surface area contributed by atoms with Crippen molar-refractivity contribution in [3.05, 3.63) is 77.0 Å². The first-order valence-corrected chi connectivity index (χ1v) is 7.55. The second-order valence-corrected chi connectivity index (χ2v) is 5.39. The molecule has 0 atom stereocenters. The number of carbonyl (C=O) groups excluding carboxylic acids is 1. The molecule has 0 N–H and O–H groups in total. The van der Waals surface area contributed by atoms with E-state index in [4.69, 9.17) is 9.47 Å². The Morgan fingerprint density at radius 3 is 2.29 bits per heavy atom. The number of aliphatic imine (C=N–C) groups is 1. The normalized spacial score (nSPS) is 15.7. The number of carbonyl (C=O) groups is 1. The lowest BCUT2D eigenvalue weighted by atomic mass is 10.1. The van der Waals surface area contributed by atoms with Crippen molar-refractivity contribution in [2.45, 2.75) is 6.92 Å². The van der Waals surface area contributed by atoms with Gasteiger partial charge in [-0.15, -0.1) is 0 Å². The Balaban J connectivity index is 1.75. The zero-order valence-corrected chi connectivity index (χ0v) is 13.5. The molecule has 0 saturated carbocycles. The van der Waals surface area contributed by atoms with Gasteiger partial charge in [-0.1, -0.05) is 42.0 Å². The molecule has 2 aromatic carbocycles. The van der Waals surface area contributed by atoms with E-state index >= 15 is 0 Å². The fourth-order valence-electron chi connectivity index (χ4n) is 2.20. The van der Waals surface area contributed by atoms with Gasteiger partial charge in [0.2, 0.25) is 5.90 Å². The molecule has 0 radical (unpaired) electrons. The molecule has 1 heterocycles. The maximum atomic E-state index is 11.9. The van der Waals surface area contributed by atoms with E-state index in [1.165, 1.54) is 0 Å². The van der Waals surface area contributed by atoms with E-state index < -0.39 is 5.97 Å². The number of benzene rings is 2. The quantitative estimate of drug-likeness (QED) is 0.632. The van der Waals surface area contributed by atoms with Gasteiger partial charge in [0.05, 0.1) is 7.11 Å². The number of ether oxygens (including phenoxy) is 2. The maximum Gasteiger partial charge on any atom is 0.363 e. The third-order valence-corrected chi connectivity index (χ3v) is 3.55. The van der Waals surface area contributed by atoms with Crippen molar-refractivity contribution in [1.29, 1.82) is 0 Å². The monoisotopic (exact) mass is 319 g/mol. The van der Waals surface area contributed by atoms with Crippen LogP contribution in [0.2, 0.25) is 0 Å². The van der Waals surface area contributed by atoms with Gasteiger partial charge in [0.15, 0.2) is 5.70 Å². The summed E-state index contributed by atoms with van der Waals surface area (Å²) < 4.78 is 10.3. The molecule has 0 amide bonds. The summed E-state index contributed by atoms with van der Waals surface area (Å²) in [4.78, 5) is 16.1. The Bertz CT molecular complexity index is 828. The van der Waals surface area contributed by atoms with E-state index in [1.807, 2.05) is 61.5 Å². The van der Waals surface area contributed by atoms with Gasteiger partial charge in [-0.2, -0.15) is 0 Å². The average molecular weight is 319 g/mol. The van der Waals surface area contributed by atoms with Crippen LogP contribution in [0.1, 0.15) is 16.7 Å². The number of cyclic esters (lactones) is 1. The van der Waals surface area contributed by atoms with E-state index in [9.17, 15) is 4.79 Å².